The van der Waals surface area contributed by atoms with Crippen molar-refractivity contribution in [1.29, 1.82) is 0 Å². The summed E-state index contributed by atoms with van der Waals surface area (Å²) in [4.78, 5) is 25.7. The standard InChI is InChI=1S/C19H21N3O3/c23-18(21-25)15-6-8-16(9-7-15)22(17-10-12-20-19(17)24)13-11-14-4-2-1-3-5-14/h1-9,17,25H,10-13H2,(H,20,24)(H,21,23). The van der Waals surface area contributed by atoms with Crippen molar-refractivity contribution < 1.29 is 14.8 Å². The zero-order chi connectivity index (χ0) is 17.6. The predicted molar refractivity (Wildman–Crippen MR) is 94.6 cm³/mol. The zero-order valence-corrected chi connectivity index (χ0v) is 13.8. The topological polar surface area (TPSA) is 81.7 Å². The lowest BCUT2D eigenvalue weighted by Gasteiger charge is -2.29. The first-order valence-corrected chi connectivity index (χ1v) is 8.32. The number of benzene rings is 2. The van der Waals surface area contributed by atoms with Gasteiger partial charge in [0, 0.05) is 24.3 Å². The van der Waals surface area contributed by atoms with Gasteiger partial charge in [0.1, 0.15) is 6.04 Å². The fourth-order valence-corrected chi connectivity index (χ4v) is 3.11. The Morgan fingerprint density at radius 2 is 1.88 bits per heavy atom. The van der Waals surface area contributed by atoms with Gasteiger partial charge < -0.3 is 10.2 Å². The second-order valence-electron chi connectivity index (χ2n) is 6.01. The van der Waals surface area contributed by atoms with Crippen molar-refractivity contribution in [2.45, 2.75) is 18.9 Å². The van der Waals surface area contributed by atoms with E-state index in [9.17, 15) is 9.59 Å². The normalized spacial score (nSPS) is 16.4. The summed E-state index contributed by atoms with van der Waals surface area (Å²) in [6.07, 6.45) is 1.58. The van der Waals surface area contributed by atoms with Gasteiger partial charge in [0.15, 0.2) is 0 Å². The van der Waals surface area contributed by atoms with E-state index in [0.717, 1.165) is 18.5 Å². The van der Waals surface area contributed by atoms with Crippen molar-refractivity contribution in [3.63, 3.8) is 0 Å². The molecule has 3 N–H and O–H groups in total. The second kappa shape index (κ2) is 7.81. The van der Waals surface area contributed by atoms with Gasteiger partial charge in [-0.05, 0) is 42.7 Å². The van der Waals surface area contributed by atoms with Crippen LogP contribution in [0.15, 0.2) is 54.6 Å². The van der Waals surface area contributed by atoms with Crippen LogP contribution in [0.4, 0.5) is 5.69 Å². The minimum Gasteiger partial charge on any atom is -0.359 e. The molecule has 2 aromatic rings. The lowest BCUT2D eigenvalue weighted by Crippen LogP contribution is -2.42. The Kier molecular flexibility index (Phi) is 5.30. The molecular formula is C19H21N3O3. The molecule has 1 heterocycles. The van der Waals surface area contributed by atoms with Crippen molar-refractivity contribution in [2.24, 2.45) is 0 Å². The molecule has 0 aliphatic carbocycles. The lowest BCUT2D eigenvalue weighted by molar-refractivity contribution is -0.120. The first kappa shape index (κ1) is 17.0. The van der Waals surface area contributed by atoms with Gasteiger partial charge in [0.2, 0.25) is 5.91 Å². The molecule has 0 radical (unpaired) electrons. The number of anilines is 1. The number of carbonyl (C=O) groups is 2. The van der Waals surface area contributed by atoms with Gasteiger partial charge >= 0.3 is 0 Å². The first-order valence-electron chi connectivity index (χ1n) is 8.32. The van der Waals surface area contributed by atoms with Crippen molar-refractivity contribution in [3.05, 3.63) is 65.7 Å². The second-order valence-corrected chi connectivity index (χ2v) is 6.01. The highest BCUT2D eigenvalue weighted by Gasteiger charge is 2.30. The van der Waals surface area contributed by atoms with Crippen LogP contribution in [0, 0.1) is 0 Å². The fraction of sp³-hybridized carbons (Fsp3) is 0.263. The minimum absolute atomic E-state index is 0.0326. The Bertz CT molecular complexity index is 731. The summed E-state index contributed by atoms with van der Waals surface area (Å²) in [7, 11) is 0. The number of hydrogen-bond acceptors (Lipinski definition) is 4. The molecule has 0 spiro atoms. The predicted octanol–water partition coefficient (Wildman–Crippen LogP) is 1.74. The average Bonchev–Trinajstić information content (AvgIpc) is 3.08. The maximum absolute atomic E-state index is 12.2. The van der Waals surface area contributed by atoms with E-state index in [1.54, 1.807) is 29.7 Å². The smallest absolute Gasteiger partial charge is 0.274 e. The van der Waals surface area contributed by atoms with Crippen molar-refractivity contribution >= 4 is 17.5 Å². The third-order valence-corrected chi connectivity index (χ3v) is 4.44. The number of nitrogens with one attached hydrogen (secondary N) is 2. The molecule has 0 aromatic heterocycles. The van der Waals surface area contributed by atoms with Crippen molar-refractivity contribution in [1.82, 2.24) is 10.8 Å². The maximum atomic E-state index is 12.2. The van der Waals surface area contributed by atoms with Gasteiger partial charge in [-0.25, -0.2) is 5.48 Å². The molecule has 3 rings (SSSR count). The van der Waals surface area contributed by atoms with Gasteiger partial charge in [0.05, 0.1) is 0 Å². The highest BCUT2D eigenvalue weighted by molar-refractivity contribution is 5.94. The van der Waals surface area contributed by atoms with Gasteiger partial charge in [0.25, 0.3) is 5.91 Å². The number of hydrogen-bond donors (Lipinski definition) is 3. The van der Waals surface area contributed by atoms with Crippen LogP contribution in [0.1, 0.15) is 22.3 Å². The summed E-state index contributed by atoms with van der Waals surface area (Å²) >= 11 is 0. The quantitative estimate of drug-likeness (QED) is 0.553. The fourth-order valence-electron chi connectivity index (χ4n) is 3.11. The van der Waals surface area contributed by atoms with Crippen molar-refractivity contribution in [3.8, 4) is 0 Å². The third-order valence-electron chi connectivity index (χ3n) is 4.44. The summed E-state index contributed by atoms with van der Waals surface area (Å²) < 4.78 is 0. The van der Waals surface area contributed by atoms with Gasteiger partial charge in [-0.15, -0.1) is 0 Å². The first-order chi connectivity index (χ1) is 12.2. The number of nitrogens with zero attached hydrogens (tertiary/aromatic N) is 1. The Morgan fingerprint density at radius 3 is 2.48 bits per heavy atom. The van der Waals surface area contributed by atoms with E-state index in [1.807, 2.05) is 18.2 Å². The average molecular weight is 339 g/mol. The molecule has 2 amide bonds. The Hall–Kier alpha value is -2.86. The van der Waals surface area contributed by atoms with Crippen LogP contribution < -0.4 is 15.7 Å². The molecule has 25 heavy (non-hydrogen) atoms. The van der Waals surface area contributed by atoms with Crippen LogP contribution in [-0.2, 0) is 11.2 Å². The molecule has 130 valence electrons. The van der Waals surface area contributed by atoms with E-state index >= 15 is 0 Å². The van der Waals surface area contributed by atoms with Crippen LogP contribution in [0.25, 0.3) is 0 Å². The molecule has 2 aromatic carbocycles. The number of carbonyl (C=O) groups excluding carboxylic acids is 2. The lowest BCUT2D eigenvalue weighted by atomic mass is 10.1. The molecule has 0 bridgehead atoms. The molecule has 1 fully saturated rings. The van der Waals surface area contributed by atoms with Crippen LogP contribution in [-0.4, -0.2) is 36.2 Å². The van der Waals surface area contributed by atoms with Gasteiger partial charge in [-0.1, -0.05) is 30.3 Å². The van der Waals surface area contributed by atoms with Gasteiger partial charge in [-0.2, -0.15) is 0 Å². The summed E-state index contributed by atoms with van der Waals surface area (Å²) in [6.45, 7) is 1.38. The molecule has 6 heteroatoms. The van der Waals surface area contributed by atoms with Gasteiger partial charge in [-0.3, -0.25) is 14.8 Å². The van der Waals surface area contributed by atoms with Crippen LogP contribution in [0.3, 0.4) is 0 Å². The molecule has 1 aliphatic rings. The molecule has 1 atom stereocenters. The number of rotatable bonds is 6. The summed E-state index contributed by atoms with van der Waals surface area (Å²) in [5.41, 5.74) is 4.08. The number of hydroxylamine groups is 1. The van der Waals surface area contributed by atoms with E-state index < -0.39 is 5.91 Å². The summed E-state index contributed by atoms with van der Waals surface area (Å²) in [6, 6.07) is 16.8. The van der Waals surface area contributed by atoms with E-state index in [0.29, 0.717) is 18.7 Å². The van der Waals surface area contributed by atoms with E-state index in [2.05, 4.69) is 22.3 Å². The highest BCUT2D eigenvalue weighted by atomic mass is 16.5. The Morgan fingerprint density at radius 1 is 1.16 bits per heavy atom. The molecular weight excluding hydrogens is 318 g/mol. The molecule has 6 nitrogen and oxygen atoms in total. The Balaban J connectivity index is 1.80. The van der Waals surface area contributed by atoms with Crippen LogP contribution >= 0.6 is 0 Å². The molecule has 0 saturated carbocycles. The minimum atomic E-state index is -0.555. The van der Waals surface area contributed by atoms with Crippen LogP contribution in [0.2, 0.25) is 0 Å². The van der Waals surface area contributed by atoms with Crippen molar-refractivity contribution in [2.75, 3.05) is 18.0 Å². The monoisotopic (exact) mass is 339 g/mol. The Labute approximate surface area is 146 Å². The third kappa shape index (κ3) is 3.97. The zero-order valence-electron chi connectivity index (χ0n) is 13.8. The van der Waals surface area contributed by atoms with E-state index in [1.165, 1.54) is 5.56 Å². The highest BCUT2D eigenvalue weighted by Crippen LogP contribution is 2.22. The summed E-state index contributed by atoms with van der Waals surface area (Å²) in [5.74, 6) is -0.522. The molecule has 1 aliphatic heterocycles. The SMILES string of the molecule is O=C(NO)c1ccc(N(CCc2ccccc2)C2CCNC2=O)cc1. The largest absolute Gasteiger partial charge is 0.359 e. The molecule has 1 saturated heterocycles. The van der Waals surface area contributed by atoms with E-state index in [-0.39, 0.29) is 11.9 Å². The molecule has 1 unspecified atom stereocenters. The maximum Gasteiger partial charge on any atom is 0.274 e. The number of amides is 2. The van der Waals surface area contributed by atoms with E-state index in [4.69, 9.17) is 5.21 Å². The van der Waals surface area contributed by atoms with Crippen LogP contribution in [0.5, 0.6) is 0 Å². The summed E-state index contributed by atoms with van der Waals surface area (Å²) in [5, 5.41) is 11.6.